The number of amides is 1. The normalized spacial score (nSPS) is 12.4. The third kappa shape index (κ3) is 11.1. The van der Waals surface area contributed by atoms with E-state index in [1.54, 1.807) is 12.1 Å². The smallest absolute Gasteiger partial charge is 0.397 e. The molecule has 2 aromatic carbocycles. The van der Waals surface area contributed by atoms with Gasteiger partial charge >= 0.3 is 10.4 Å². The Balaban J connectivity index is 2.05. The van der Waals surface area contributed by atoms with Gasteiger partial charge in [0.15, 0.2) is 9.84 Å². The first kappa shape index (κ1) is 31.1. The molecule has 0 unspecified atom stereocenters. The highest BCUT2D eigenvalue weighted by molar-refractivity contribution is 7.91. The van der Waals surface area contributed by atoms with Crippen molar-refractivity contribution in [2.75, 3.05) is 50.0 Å². The van der Waals surface area contributed by atoms with Gasteiger partial charge in [-0.1, -0.05) is 6.07 Å². The van der Waals surface area contributed by atoms with Crippen LogP contribution in [0.1, 0.15) is 10.4 Å². The number of methoxy groups -OCH3 is 1. The molecule has 2 rings (SSSR count). The van der Waals surface area contributed by atoms with Gasteiger partial charge in [0.1, 0.15) is 17.3 Å². The molecule has 1 amide bonds. The highest BCUT2D eigenvalue weighted by Gasteiger charge is 2.18. The number of sulfone groups is 1. The predicted octanol–water partition coefficient (Wildman–Crippen LogP) is 1.67. The maximum atomic E-state index is 12.7. The molecular formula is C20H26N4O11S3. The summed E-state index contributed by atoms with van der Waals surface area (Å²) in [5.41, 5.74) is 1.15. The average Bonchev–Trinajstić information content (AvgIpc) is 2.83. The van der Waals surface area contributed by atoms with E-state index in [1.807, 2.05) is 0 Å². The van der Waals surface area contributed by atoms with Gasteiger partial charge in [-0.05, 0) is 30.3 Å². The van der Waals surface area contributed by atoms with E-state index in [9.17, 15) is 30.0 Å². The zero-order valence-corrected chi connectivity index (χ0v) is 22.7. The van der Waals surface area contributed by atoms with Crippen LogP contribution in [0.3, 0.4) is 0 Å². The fourth-order valence-corrected chi connectivity index (χ4v) is 4.67. The topological polar surface area (TPSA) is 218 Å². The summed E-state index contributed by atoms with van der Waals surface area (Å²) < 4.78 is 93.5. The summed E-state index contributed by atoms with van der Waals surface area (Å²) in [6, 6.07) is 10.5. The van der Waals surface area contributed by atoms with Crippen LogP contribution in [0.25, 0.3) is 0 Å². The van der Waals surface area contributed by atoms with Crippen molar-refractivity contribution in [3.8, 4) is 5.75 Å². The molecule has 0 aromatic heterocycles. The molecule has 0 saturated carbocycles. The summed E-state index contributed by atoms with van der Waals surface area (Å²) in [5.74, 6) is -2.06. The molecule has 3 N–H and O–H groups in total. The van der Waals surface area contributed by atoms with Crippen LogP contribution in [0, 0.1) is 0 Å². The van der Waals surface area contributed by atoms with Crippen LogP contribution in [0.5, 0.6) is 5.75 Å². The largest absolute Gasteiger partial charge is 0.494 e. The first-order valence-corrected chi connectivity index (χ1v) is 15.3. The molecule has 18 heteroatoms. The monoisotopic (exact) mass is 594 g/mol. The Morgan fingerprint density at radius 2 is 1.71 bits per heavy atom. The summed E-state index contributed by atoms with van der Waals surface area (Å²) in [4.78, 5) is 13.9. The van der Waals surface area contributed by atoms with Gasteiger partial charge in [0, 0.05) is 30.9 Å². The molecule has 0 atom stereocenters. The van der Waals surface area contributed by atoms with Crippen molar-refractivity contribution in [1.29, 1.82) is 0 Å². The maximum Gasteiger partial charge on any atom is 0.397 e. The molecule has 0 aliphatic carbocycles. The number of hydrogen-bond donors (Lipinski definition) is 3. The van der Waals surface area contributed by atoms with Gasteiger partial charge in [0.05, 0.1) is 30.9 Å². The van der Waals surface area contributed by atoms with Crippen LogP contribution < -0.4 is 10.1 Å². The summed E-state index contributed by atoms with van der Waals surface area (Å²) in [6.07, 6.45) is 0. The van der Waals surface area contributed by atoms with E-state index in [2.05, 4.69) is 19.7 Å². The van der Waals surface area contributed by atoms with E-state index in [1.165, 1.54) is 49.4 Å². The van der Waals surface area contributed by atoms with Crippen molar-refractivity contribution in [2.45, 2.75) is 0 Å². The SMILES string of the molecule is COc1cc(NCS(=O)(=O)O)ccc1/N=N/c1cccc(C(=O)N(C)CCS(=O)(=O)CCOS(=O)(=O)O)c1. The van der Waals surface area contributed by atoms with E-state index in [4.69, 9.17) is 13.8 Å². The molecule has 0 aliphatic heterocycles. The minimum atomic E-state index is -4.75. The highest BCUT2D eigenvalue weighted by Crippen LogP contribution is 2.32. The number of carbonyl (C=O) groups excluding carboxylic acids is 1. The van der Waals surface area contributed by atoms with Crippen LogP contribution in [-0.4, -0.2) is 89.9 Å². The van der Waals surface area contributed by atoms with Gasteiger partial charge in [-0.25, -0.2) is 12.6 Å². The molecule has 15 nitrogen and oxygen atoms in total. The van der Waals surface area contributed by atoms with Crippen molar-refractivity contribution in [3.05, 3.63) is 48.0 Å². The molecule has 38 heavy (non-hydrogen) atoms. The minimum absolute atomic E-state index is 0.187. The summed E-state index contributed by atoms with van der Waals surface area (Å²) in [5, 5.41) is 10.7. The Hall–Kier alpha value is -3.16. The van der Waals surface area contributed by atoms with Crippen LogP contribution >= 0.6 is 0 Å². The maximum absolute atomic E-state index is 12.7. The number of nitrogens with zero attached hydrogens (tertiary/aromatic N) is 3. The third-order valence-electron chi connectivity index (χ3n) is 4.72. The van der Waals surface area contributed by atoms with Gasteiger partial charge in [-0.3, -0.25) is 13.9 Å². The zero-order chi connectivity index (χ0) is 28.6. The minimum Gasteiger partial charge on any atom is -0.494 e. The van der Waals surface area contributed by atoms with Crippen molar-refractivity contribution < 1.29 is 48.1 Å². The number of carbonyl (C=O) groups is 1. The van der Waals surface area contributed by atoms with E-state index in [-0.39, 0.29) is 17.9 Å². The number of ether oxygens (including phenoxy) is 1. The van der Waals surface area contributed by atoms with E-state index < -0.39 is 60.3 Å². The number of anilines is 1. The molecule has 0 radical (unpaired) electrons. The van der Waals surface area contributed by atoms with Gasteiger partial charge in [0.25, 0.3) is 16.0 Å². The Bertz CT molecular complexity index is 1490. The van der Waals surface area contributed by atoms with Crippen LogP contribution in [0.4, 0.5) is 17.1 Å². The first-order chi connectivity index (χ1) is 17.6. The van der Waals surface area contributed by atoms with Crippen molar-refractivity contribution in [3.63, 3.8) is 0 Å². The molecule has 210 valence electrons. The van der Waals surface area contributed by atoms with Gasteiger partial charge in [-0.15, -0.1) is 5.11 Å². The average molecular weight is 595 g/mol. The Kier molecular flexibility index (Phi) is 10.7. The standard InChI is InChI=1S/C20H26N4O11S3/c1-24(8-10-36(26,27)11-9-35-38(31,32)33)20(25)15-4-3-5-17(12-15)22-23-18-7-6-16(13-19(18)34-2)21-14-37(28,29)30/h3-7,12-13,21H,8-11,14H2,1-2H3,(H,28,29,30)(H,31,32,33)/b23-22+. The van der Waals surface area contributed by atoms with E-state index in [0.717, 1.165) is 0 Å². The molecule has 0 heterocycles. The van der Waals surface area contributed by atoms with Crippen molar-refractivity contribution in [1.82, 2.24) is 4.90 Å². The molecule has 0 spiro atoms. The zero-order valence-electron chi connectivity index (χ0n) is 20.2. The Morgan fingerprint density at radius 1 is 1.00 bits per heavy atom. The van der Waals surface area contributed by atoms with Crippen LogP contribution in [-0.2, 0) is 34.5 Å². The molecule has 0 bridgehead atoms. The second kappa shape index (κ2) is 13.1. The van der Waals surface area contributed by atoms with Crippen molar-refractivity contribution >= 4 is 53.3 Å². The third-order valence-corrected chi connectivity index (χ3v) is 7.28. The van der Waals surface area contributed by atoms with Crippen molar-refractivity contribution in [2.24, 2.45) is 10.2 Å². The van der Waals surface area contributed by atoms with Gasteiger partial charge in [0.2, 0.25) is 0 Å². The fraction of sp³-hybridized carbons (Fsp3) is 0.350. The highest BCUT2D eigenvalue weighted by atomic mass is 32.3. The number of benzene rings is 2. The second-order valence-corrected chi connectivity index (χ2v) is 12.5. The lowest BCUT2D eigenvalue weighted by atomic mass is 10.2. The molecule has 2 aromatic rings. The van der Waals surface area contributed by atoms with Gasteiger partial charge in [-0.2, -0.15) is 21.9 Å². The fourth-order valence-electron chi connectivity index (χ4n) is 2.82. The lowest BCUT2D eigenvalue weighted by molar-refractivity contribution is 0.0803. The summed E-state index contributed by atoms with van der Waals surface area (Å²) >= 11 is 0. The molecule has 0 saturated heterocycles. The summed E-state index contributed by atoms with van der Waals surface area (Å²) in [6.45, 7) is -0.936. The molecule has 0 fully saturated rings. The van der Waals surface area contributed by atoms with Crippen LogP contribution in [0.15, 0.2) is 52.7 Å². The van der Waals surface area contributed by atoms with E-state index >= 15 is 0 Å². The van der Waals surface area contributed by atoms with Gasteiger partial charge < -0.3 is 15.0 Å². The van der Waals surface area contributed by atoms with Crippen LogP contribution in [0.2, 0.25) is 0 Å². The molecule has 0 aliphatic rings. The Labute approximate surface area is 220 Å². The number of nitrogens with one attached hydrogen (secondary N) is 1. The number of hydrogen-bond acceptors (Lipinski definition) is 12. The van der Waals surface area contributed by atoms with E-state index in [0.29, 0.717) is 17.1 Å². The lowest BCUT2D eigenvalue weighted by Crippen LogP contribution is -2.32. The second-order valence-electron chi connectivity index (χ2n) is 7.67. The predicted molar refractivity (Wildman–Crippen MR) is 137 cm³/mol. The summed E-state index contributed by atoms with van der Waals surface area (Å²) in [7, 11) is -9.98. The quantitative estimate of drug-likeness (QED) is 0.210. The number of azo groups is 1. The lowest BCUT2D eigenvalue weighted by Gasteiger charge is -2.17. The molecular weight excluding hydrogens is 568 g/mol. The first-order valence-electron chi connectivity index (χ1n) is 10.6. The number of rotatable bonds is 14. The Morgan fingerprint density at radius 3 is 2.34 bits per heavy atom.